The summed E-state index contributed by atoms with van der Waals surface area (Å²) in [4.78, 5) is 16.9. The lowest BCUT2D eigenvalue weighted by molar-refractivity contribution is -0.130. The highest BCUT2D eigenvalue weighted by atomic mass is 16.6. The first kappa shape index (κ1) is 14.6. The molecule has 4 rings (SSSR count). The van der Waals surface area contributed by atoms with Crippen molar-refractivity contribution in [2.24, 2.45) is 7.05 Å². The maximum absolute atomic E-state index is 12.4. The molecule has 24 heavy (non-hydrogen) atoms. The van der Waals surface area contributed by atoms with Crippen molar-refractivity contribution >= 4 is 16.9 Å². The van der Waals surface area contributed by atoms with Crippen molar-refractivity contribution in [2.75, 3.05) is 6.61 Å². The van der Waals surface area contributed by atoms with Crippen LogP contribution in [0.4, 0.5) is 0 Å². The summed E-state index contributed by atoms with van der Waals surface area (Å²) < 4.78 is 13.3. The Morgan fingerprint density at radius 1 is 1.21 bits per heavy atom. The van der Waals surface area contributed by atoms with Gasteiger partial charge in [0.05, 0.1) is 17.6 Å². The zero-order valence-corrected chi connectivity index (χ0v) is 13.2. The number of hydrogen-bond acceptors (Lipinski definition) is 4. The first-order chi connectivity index (χ1) is 11.7. The maximum atomic E-state index is 12.4. The molecule has 1 N–H and O–H groups in total. The average molecular weight is 323 g/mol. The summed E-state index contributed by atoms with van der Waals surface area (Å²) in [5, 5.41) is 2.87. The molecule has 1 aliphatic heterocycles. The number of imidazole rings is 1. The van der Waals surface area contributed by atoms with Gasteiger partial charge < -0.3 is 19.4 Å². The van der Waals surface area contributed by atoms with Crippen molar-refractivity contribution < 1.29 is 14.3 Å². The highest BCUT2D eigenvalue weighted by Crippen LogP contribution is 2.30. The number of fused-ring (bicyclic) bond motifs is 2. The van der Waals surface area contributed by atoms with Crippen LogP contribution in [0.15, 0.2) is 48.5 Å². The number of amides is 1. The number of rotatable bonds is 3. The molecule has 1 atom stereocenters. The second kappa shape index (κ2) is 5.88. The minimum atomic E-state index is -0.658. The second-order valence-corrected chi connectivity index (χ2v) is 5.66. The topological polar surface area (TPSA) is 65.4 Å². The zero-order valence-electron chi connectivity index (χ0n) is 13.2. The van der Waals surface area contributed by atoms with E-state index < -0.39 is 6.10 Å². The Hall–Kier alpha value is -3.02. The van der Waals surface area contributed by atoms with Crippen LogP contribution in [0.25, 0.3) is 11.0 Å². The predicted octanol–water partition coefficient (Wildman–Crippen LogP) is 2.03. The number of nitrogens with one attached hydrogen (secondary N) is 1. The van der Waals surface area contributed by atoms with E-state index in [1.807, 2.05) is 54.1 Å². The fraction of sp³-hybridized carbons (Fsp3) is 0.222. The van der Waals surface area contributed by atoms with Crippen molar-refractivity contribution in [2.45, 2.75) is 12.6 Å². The van der Waals surface area contributed by atoms with Crippen LogP contribution in [-0.2, 0) is 18.4 Å². The number of carbonyl (C=O) groups is 1. The standard InChI is InChI=1S/C18H17N3O3/c1-21-13-7-3-2-6-12(13)20-17(21)10-19-18(22)16-11-23-14-8-4-5-9-15(14)24-16/h2-9,16H,10-11H2,1H3,(H,19,22). The van der Waals surface area contributed by atoms with Gasteiger partial charge in [-0.3, -0.25) is 4.79 Å². The number of para-hydroxylation sites is 4. The van der Waals surface area contributed by atoms with Crippen LogP contribution in [0.3, 0.4) is 0 Å². The SMILES string of the molecule is Cn1c(CNC(=O)C2COc3ccccc3O2)nc2ccccc21. The largest absolute Gasteiger partial charge is 0.485 e. The monoisotopic (exact) mass is 323 g/mol. The van der Waals surface area contributed by atoms with Crippen LogP contribution in [0.5, 0.6) is 11.5 Å². The van der Waals surface area contributed by atoms with Gasteiger partial charge in [-0.2, -0.15) is 0 Å². The molecule has 6 heteroatoms. The summed E-state index contributed by atoms with van der Waals surface area (Å²) in [6, 6.07) is 15.2. The van der Waals surface area contributed by atoms with Gasteiger partial charge in [-0.25, -0.2) is 4.98 Å². The van der Waals surface area contributed by atoms with Crippen LogP contribution in [0.2, 0.25) is 0 Å². The van der Waals surface area contributed by atoms with Crippen LogP contribution in [-0.4, -0.2) is 28.2 Å². The lowest BCUT2D eigenvalue weighted by atomic mass is 10.2. The fourth-order valence-electron chi connectivity index (χ4n) is 2.78. The van der Waals surface area contributed by atoms with Crippen LogP contribution < -0.4 is 14.8 Å². The Morgan fingerprint density at radius 3 is 2.79 bits per heavy atom. The third-order valence-corrected chi connectivity index (χ3v) is 4.10. The maximum Gasteiger partial charge on any atom is 0.265 e. The number of aryl methyl sites for hydroxylation is 1. The van der Waals surface area contributed by atoms with Crippen molar-refractivity contribution in [3.63, 3.8) is 0 Å². The molecule has 0 saturated carbocycles. The number of ether oxygens (including phenoxy) is 2. The molecule has 1 unspecified atom stereocenters. The van der Waals surface area contributed by atoms with Gasteiger partial charge in [-0.1, -0.05) is 24.3 Å². The van der Waals surface area contributed by atoms with Crippen molar-refractivity contribution in [3.8, 4) is 11.5 Å². The molecular weight excluding hydrogens is 306 g/mol. The Balaban J connectivity index is 1.44. The Bertz CT molecular complexity index is 903. The van der Waals surface area contributed by atoms with Gasteiger partial charge in [-0.15, -0.1) is 0 Å². The lowest BCUT2D eigenvalue weighted by Gasteiger charge is -2.25. The number of benzene rings is 2. The van der Waals surface area contributed by atoms with E-state index in [-0.39, 0.29) is 12.5 Å². The minimum absolute atomic E-state index is 0.200. The van der Waals surface area contributed by atoms with Gasteiger partial charge in [0.25, 0.3) is 5.91 Å². The molecular formula is C18H17N3O3. The molecule has 122 valence electrons. The molecule has 3 aromatic rings. The summed E-state index contributed by atoms with van der Waals surface area (Å²) in [7, 11) is 1.94. The first-order valence-corrected chi connectivity index (χ1v) is 7.79. The number of nitrogens with zero attached hydrogens (tertiary/aromatic N) is 2. The Morgan fingerprint density at radius 2 is 1.96 bits per heavy atom. The van der Waals surface area contributed by atoms with Crippen LogP contribution in [0.1, 0.15) is 5.82 Å². The zero-order chi connectivity index (χ0) is 16.5. The summed E-state index contributed by atoms with van der Waals surface area (Å²) in [5.74, 6) is 1.83. The molecule has 0 bridgehead atoms. The second-order valence-electron chi connectivity index (χ2n) is 5.66. The fourth-order valence-corrected chi connectivity index (χ4v) is 2.78. The molecule has 6 nitrogen and oxygen atoms in total. The number of aromatic nitrogens is 2. The third-order valence-electron chi connectivity index (χ3n) is 4.10. The molecule has 0 aliphatic carbocycles. The van der Waals surface area contributed by atoms with Crippen LogP contribution >= 0.6 is 0 Å². The summed E-state index contributed by atoms with van der Waals surface area (Å²) in [6.07, 6.45) is -0.658. The van der Waals surface area contributed by atoms with E-state index in [4.69, 9.17) is 9.47 Å². The number of carbonyl (C=O) groups excluding carboxylic acids is 1. The predicted molar refractivity (Wildman–Crippen MR) is 88.9 cm³/mol. The molecule has 0 fully saturated rings. The van der Waals surface area contributed by atoms with E-state index in [9.17, 15) is 4.79 Å². The normalized spacial score (nSPS) is 16.1. The molecule has 1 aromatic heterocycles. The molecule has 2 aromatic carbocycles. The molecule has 0 radical (unpaired) electrons. The lowest BCUT2D eigenvalue weighted by Crippen LogP contribution is -2.43. The van der Waals surface area contributed by atoms with Gasteiger partial charge in [0.15, 0.2) is 11.5 Å². The molecule has 1 amide bonds. The van der Waals surface area contributed by atoms with Crippen molar-refractivity contribution in [1.29, 1.82) is 0 Å². The van der Waals surface area contributed by atoms with Gasteiger partial charge in [-0.05, 0) is 24.3 Å². The molecule has 2 heterocycles. The summed E-state index contributed by atoms with van der Waals surface area (Å²) >= 11 is 0. The van der Waals surface area contributed by atoms with E-state index in [2.05, 4.69) is 10.3 Å². The molecule has 0 saturated heterocycles. The van der Waals surface area contributed by atoms with Crippen molar-refractivity contribution in [1.82, 2.24) is 14.9 Å². The van der Waals surface area contributed by atoms with E-state index in [0.717, 1.165) is 16.9 Å². The van der Waals surface area contributed by atoms with Gasteiger partial charge >= 0.3 is 0 Å². The van der Waals surface area contributed by atoms with E-state index in [0.29, 0.717) is 18.0 Å². The highest BCUT2D eigenvalue weighted by molar-refractivity contribution is 5.82. The van der Waals surface area contributed by atoms with E-state index in [1.165, 1.54) is 0 Å². The van der Waals surface area contributed by atoms with Gasteiger partial charge in [0, 0.05) is 7.05 Å². The molecule has 1 aliphatic rings. The summed E-state index contributed by atoms with van der Waals surface area (Å²) in [5.41, 5.74) is 1.95. The van der Waals surface area contributed by atoms with Crippen LogP contribution in [0, 0.1) is 0 Å². The van der Waals surface area contributed by atoms with E-state index in [1.54, 1.807) is 6.07 Å². The Kier molecular flexibility index (Phi) is 3.57. The Labute approximate surface area is 139 Å². The minimum Gasteiger partial charge on any atom is -0.485 e. The quantitative estimate of drug-likeness (QED) is 0.801. The highest BCUT2D eigenvalue weighted by Gasteiger charge is 2.27. The number of hydrogen-bond donors (Lipinski definition) is 1. The third kappa shape index (κ3) is 2.56. The first-order valence-electron chi connectivity index (χ1n) is 7.79. The van der Waals surface area contributed by atoms with Gasteiger partial charge in [0.2, 0.25) is 6.10 Å². The van der Waals surface area contributed by atoms with Crippen molar-refractivity contribution in [3.05, 3.63) is 54.4 Å². The average Bonchev–Trinajstić information content (AvgIpc) is 2.95. The van der Waals surface area contributed by atoms with Gasteiger partial charge in [0.1, 0.15) is 12.4 Å². The summed E-state index contributed by atoms with van der Waals surface area (Å²) in [6.45, 7) is 0.539. The van der Waals surface area contributed by atoms with E-state index >= 15 is 0 Å². The molecule has 0 spiro atoms. The smallest absolute Gasteiger partial charge is 0.265 e.